The van der Waals surface area contributed by atoms with E-state index in [2.05, 4.69) is 0 Å². The Bertz CT molecular complexity index is 339. The van der Waals surface area contributed by atoms with E-state index in [1.54, 1.807) is 6.92 Å². The van der Waals surface area contributed by atoms with Gasteiger partial charge in [0, 0.05) is 0 Å². The van der Waals surface area contributed by atoms with E-state index in [0.717, 1.165) is 19.3 Å². The fraction of sp³-hybridized carbons (Fsp3) is 0.857. The third-order valence-corrected chi connectivity index (χ3v) is 5.14. The highest BCUT2D eigenvalue weighted by Crippen LogP contribution is 2.56. The van der Waals surface area contributed by atoms with Crippen LogP contribution in [0.5, 0.6) is 0 Å². The molecule has 0 aromatic heterocycles. The fourth-order valence-electron chi connectivity index (χ4n) is 4.01. The van der Waals surface area contributed by atoms with Crippen LogP contribution in [0.1, 0.15) is 59.3 Å². The van der Waals surface area contributed by atoms with Crippen LogP contribution in [-0.4, -0.2) is 22.2 Å². The van der Waals surface area contributed by atoms with Gasteiger partial charge in [-0.2, -0.15) is 0 Å². The van der Waals surface area contributed by atoms with E-state index < -0.39 is 22.8 Å². The van der Waals surface area contributed by atoms with Gasteiger partial charge in [-0.3, -0.25) is 9.59 Å². The first kappa shape index (κ1) is 15.0. The largest absolute Gasteiger partial charge is 0.481 e. The Balaban J connectivity index is 3.48. The van der Waals surface area contributed by atoms with Gasteiger partial charge in [0.2, 0.25) is 0 Å². The molecule has 1 saturated carbocycles. The molecule has 0 radical (unpaired) electrons. The molecule has 1 aliphatic rings. The third-order valence-electron chi connectivity index (χ3n) is 5.14. The van der Waals surface area contributed by atoms with Crippen LogP contribution in [-0.2, 0) is 9.59 Å². The molecule has 18 heavy (non-hydrogen) atoms. The highest BCUT2D eigenvalue weighted by Gasteiger charge is 2.62. The second kappa shape index (κ2) is 5.29. The van der Waals surface area contributed by atoms with E-state index in [-0.39, 0.29) is 5.92 Å². The van der Waals surface area contributed by atoms with Gasteiger partial charge in [-0.25, -0.2) is 0 Å². The zero-order valence-corrected chi connectivity index (χ0v) is 11.5. The number of carboxylic acids is 2. The van der Waals surface area contributed by atoms with Gasteiger partial charge in [-0.05, 0) is 31.6 Å². The Morgan fingerprint density at radius 1 is 1.11 bits per heavy atom. The second-order valence-corrected chi connectivity index (χ2v) is 5.52. The SMILES string of the molecule is CCC1(C(=O)O)CCCCC(C)C1(CC)C(=O)O. The molecule has 0 bridgehead atoms. The molecule has 4 heteroatoms. The summed E-state index contributed by atoms with van der Waals surface area (Å²) in [6, 6.07) is 0. The van der Waals surface area contributed by atoms with Gasteiger partial charge in [0.25, 0.3) is 0 Å². The summed E-state index contributed by atoms with van der Waals surface area (Å²) in [4.78, 5) is 23.7. The Labute approximate surface area is 108 Å². The maximum atomic E-state index is 11.9. The lowest BCUT2D eigenvalue weighted by molar-refractivity contribution is -0.181. The Morgan fingerprint density at radius 2 is 1.72 bits per heavy atom. The van der Waals surface area contributed by atoms with Crippen molar-refractivity contribution in [3.05, 3.63) is 0 Å². The quantitative estimate of drug-likeness (QED) is 0.758. The van der Waals surface area contributed by atoms with Crippen molar-refractivity contribution in [2.75, 3.05) is 0 Å². The van der Waals surface area contributed by atoms with E-state index >= 15 is 0 Å². The summed E-state index contributed by atoms with van der Waals surface area (Å²) in [5, 5.41) is 19.4. The molecule has 0 aliphatic heterocycles. The Hall–Kier alpha value is -1.06. The maximum absolute atomic E-state index is 11.9. The molecule has 0 aromatic rings. The summed E-state index contributed by atoms with van der Waals surface area (Å²) in [5.41, 5.74) is -2.26. The molecule has 0 saturated heterocycles. The van der Waals surface area contributed by atoms with E-state index in [0.29, 0.717) is 19.3 Å². The van der Waals surface area contributed by atoms with Crippen LogP contribution in [0, 0.1) is 16.7 Å². The normalized spacial score (nSPS) is 36.9. The number of hydrogen-bond acceptors (Lipinski definition) is 2. The Morgan fingerprint density at radius 3 is 2.11 bits per heavy atom. The minimum atomic E-state index is -1.13. The van der Waals surface area contributed by atoms with Crippen LogP contribution >= 0.6 is 0 Å². The highest BCUT2D eigenvalue weighted by molar-refractivity contribution is 5.87. The lowest BCUT2D eigenvalue weighted by atomic mass is 9.54. The van der Waals surface area contributed by atoms with Crippen molar-refractivity contribution in [2.45, 2.75) is 59.3 Å². The van der Waals surface area contributed by atoms with Crippen LogP contribution in [0.3, 0.4) is 0 Å². The predicted octanol–water partition coefficient (Wildman–Crippen LogP) is 3.16. The lowest BCUT2D eigenvalue weighted by Crippen LogP contribution is -2.54. The number of carboxylic acid groups (broad SMARTS) is 2. The van der Waals surface area contributed by atoms with Crippen molar-refractivity contribution in [3.8, 4) is 0 Å². The van der Waals surface area contributed by atoms with Crippen molar-refractivity contribution in [1.82, 2.24) is 0 Å². The van der Waals surface area contributed by atoms with Crippen LogP contribution in [0.15, 0.2) is 0 Å². The summed E-state index contributed by atoms with van der Waals surface area (Å²) in [5.74, 6) is -1.98. The molecule has 104 valence electrons. The van der Waals surface area contributed by atoms with Gasteiger partial charge < -0.3 is 10.2 Å². The molecular weight excluding hydrogens is 232 g/mol. The fourth-order valence-corrected chi connectivity index (χ4v) is 4.01. The molecule has 1 aliphatic carbocycles. The molecule has 0 amide bonds. The van der Waals surface area contributed by atoms with Crippen LogP contribution < -0.4 is 0 Å². The molecule has 3 atom stereocenters. The van der Waals surface area contributed by atoms with Gasteiger partial charge in [0.15, 0.2) is 0 Å². The van der Waals surface area contributed by atoms with Crippen molar-refractivity contribution in [1.29, 1.82) is 0 Å². The van der Waals surface area contributed by atoms with Crippen molar-refractivity contribution >= 4 is 11.9 Å². The topological polar surface area (TPSA) is 74.6 Å². The molecule has 1 rings (SSSR count). The third kappa shape index (κ3) is 1.82. The van der Waals surface area contributed by atoms with E-state index in [4.69, 9.17) is 0 Å². The summed E-state index contributed by atoms with van der Waals surface area (Å²) in [6.45, 7) is 5.51. The van der Waals surface area contributed by atoms with Gasteiger partial charge in [0.1, 0.15) is 0 Å². The molecule has 0 spiro atoms. The first-order chi connectivity index (χ1) is 8.39. The van der Waals surface area contributed by atoms with Gasteiger partial charge in [-0.15, -0.1) is 0 Å². The summed E-state index contributed by atoms with van der Waals surface area (Å²) >= 11 is 0. The number of carbonyl (C=O) groups is 2. The van der Waals surface area contributed by atoms with E-state index in [9.17, 15) is 19.8 Å². The summed E-state index contributed by atoms with van der Waals surface area (Å²) < 4.78 is 0. The van der Waals surface area contributed by atoms with Gasteiger partial charge in [0.05, 0.1) is 10.8 Å². The van der Waals surface area contributed by atoms with Crippen LogP contribution in [0.4, 0.5) is 0 Å². The maximum Gasteiger partial charge on any atom is 0.311 e. The number of rotatable bonds is 4. The standard InChI is InChI=1S/C14H24O4/c1-4-13(11(15)16)9-7-6-8-10(3)14(13,5-2)12(17)18/h10H,4-9H2,1-3H3,(H,15,16)(H,17,18). The van der Waals surface area contributed by atoms with Crippen LogP contribution in [0.25, 0.3) is 0 Å². The monoisotopic (exact) mass is 256 g/mol. The second-order valence-electron chi connectivity index (χ2n) is 5.52. The van der Waals surface area contributed by atoms with E-state index in [1.807, 2.05) is 13.8 Å². The van der Waals surface area contributed by atoms with Crippen molar-refractivity contribution < 1.29 is 19.8 Å². The van der Waals surface area contributed by atoms with Crippen molar-refractivity contribution in [3.63, 3.8) is 0 Å². The molecule has 1 fully saturated rings. The number of aliphatic carboxylic acids is 2. The molecular formula is C14H24O4. The zero-order valence-electron chi connectivity index (χ0n) is 11.5. The zero-order chi connectivity index (χ0) is 14.0. The van der Waals surface area contributed by atoms with Gasteiger partial charge in [-0.1, -0.05) is 33.6 Å². The predicted molar refractivity (Wildman–Crippen MR) is 68.4 cm³/mol. The van der Waals surface area contributed by atoms with E-state index in [1.165, 1.54) is 0 Å². The Kier molecular flexibility index (Phi) is 4.41. The van der Waals surface area contributed by atoms with Crippen LogP contribution in [0.2, 0.25) is 0 Å². The summed E-state index contributed by atoms with van der Waals surface area (Å²) in [7, 11) is 0. The molecule has 3 unspecified atom stereocenters. The average Bonchev–Trinajstić information content (AvgIpc) is 2.46. The minimum absolute atomic E-state index is 0.0986. The lowest BCUT2D eigenvalue weighted by Gasteiger charge is -2.46. The molecule has 0 aromatic carbocycles. The molecule has 4 nitrogen and oxygen atoms in total. The number of hydrogen-bond donors (Lipinski definition) is 2. The average molecular weight is 256 g/mol. The van der Waals surface area contributed by atoms with Crippen molar-refractivity contribution in [2.24, 2.45) is 16.7 Å². The summed E-state index contributed by atoms with van der Waals surface area (Å²) in [6.07, 6.45) is 3.76. The smallest absolute Gasteiger partial charge is 0.311 e. The first-order valence-electron chi connectivity index (χ1n) is 6.85. The molecule has 2 N–H and O–H groups in total. The minimum Gasteiger partial charge on any atom is -0.481 e. The molecule has 0 heterocycles. The van der Waals surface area contributed by atoms with Gasteiger partial charge >= 0.3 is 11.9 Å². The highest BCUT2D eigenvalue weighted by atomic mass is 16.4. The first-order valence-corrected chi connectivity index (χ1v) is 6.85.